The van der Waals surface area contributed by atoms with Crippen LogP contribution in [0.4, 0.5) is 0 Å². The molecule has 13 heteroatoms. The molecule has 0 unspecified atom stereocenters. The van der Waals surface area contributed by atoms with Crippen LogP contribution in [0.5, 0.6) is 17.2 Å². The van der Waals surface area contributed by atoms with Gasteiger partial charge in [-0.15, -0.1) is 0 Å². The number of nitrogens with zero attached hydrogens (tertiary/aromatic N) is 3. The van der Waals surface area contributed by atoms with Crippen LogP contribution >= 0.6 is 0 Å². The molecule has 12 nitrogen and oxygen atoms in total. The first-order valence-corrected chi connectivity index (χ1v) is 17.5. The number of piperazine rings is 1. The molecule has 48 heavy (non-hydrogen) atoms. The van der Waals surface area contributed by atoms with Gasteiger partial charge in [-0.2, -0.15) is 4.31 Å². The molecular weight excluding hydrogens is 638 g/mol. The van der Waals surface area contributed by atoms with Crippen LogP contribution in [0.2, 0.25) is 0 Å². The fourth-order valence-corrected chi connectivity index (χ4v) is 7.47. The van der Waals surface area contributed by atoms with E-state index in [4.69, 9.17) is 23.7 Å². The number of amides is 1. The Hall–Kier alpha value is -4.14. The molecule has 2 atom stereocenters. The summed E-state index contributed by atoms with van der Waals surface area (Å²) in [5.74, 6) is 1.94. The topological polar surface area (TPSA) is 127 Å². The number of hydrogen-bond acceptors (Lipinski definition) is 10. The summed E-state index contributed by atoms with van der Waals surface area (Å²) in [5, 5.41) is 9.63. The van der Waals surface area contributed by atoms with E-state index in [0.29, 0.717) is 38.3 Å². The third-order valence-corrected chi connectivity index (χ3v) is 10.6. The van der Waals surface area contributed by atoms with Gasteiger partial charge in [0.1, 0.15) is 5.75 Å². The molecule has 1 amide bonds. The van der Waals surface area contributed by atoms with Gasteiger partial charge in [0.25, 0.3) is 5.91 Å². The van der Waals surface area contributed by atoms with E-state index in [1.165, 1.54) is 23.5 Å². The summed E-state index contributed by atoms with van der Waals surface area (Å²) in [6.07, 6.45) is 1.55. The van der Waals surface area contributed by atoms with Gasteiger partial charge in [-0.05, 0) is 53.6 Å². The third kappa shape index (κ3) is 7.93. The molecule has 0 saturated carbocycles. The van der Waals surface area contributed by atoms with E-state index in [1.807, 2.05) is 54.6 Å². The van der Waals surface area contributed by atoms with Crippen LogP contribution in [-0.4, -0.2) is 106 Å². The van der Waals surface area contributed by atoms with E-state index in [0.717, 1.165) is 29.2 Å². The Bertz CT molecular complexity index is 1680. The number of benzene rings is 3. The number of allylic oxidation sites excluding steroid dienone is 1. The van der Waals surface area contributed by atoms with E-state index in [-0.39, 0.29) is 55.6 Å². The molecule has 256 valence electrons. The first-order chi connectivity index (χ1) is 23.3. The van der Waals surface area contributed by atoms with Crippen LogP contribution in [0.25, 0.3) is 0 Å². The summed E-state index contributed by atoms with van der Waals surface area (Å²) in [7, 11) is -2.40. The van der Waals surface area contributed by atoms with Crippen molar-refractivity contribution in [3.63, 3.8) is 0 Å². The van der Waals surface area contributed by atoms with Gasteiger partial charge in [0, 0.05) is 58.2 Å². The second kappa shape index (κ2) is 15.4. The molecule has 3 aromatic rings. The highest BCUT2D eigenvalue weighted by Crippen LogP contribution is 2.34. The van der Waals surface area contributed by atoms with Gasteiger partial charge in [0.15, 0.2) is 17.3 Å². The molecule has 3 aliphatic heterocycles. The molecule has 3 aromatic carbocycles. The van der Waals surface area contributed by atoms with Crippen LogP contribution in [0.1, 0.15) is 23.5 Å². The second-order valence-electron chi connectivity index (χ2n) is 11.8. The molecule has 1 fully saturated rings. The van der Waals surface area contributed by atoms with E-state index in [9.17, 15) is 18.3 Å². The maximum atomic E-state index is 13.8. The van der Waals surface area contributed by atoms with Crippen molar-refractivity contribution in [2.75, 3.05) is 66.4 Å². The fraction of sp³-hybridized carbons (Fsp3) is 0.400. The number of fused-ring (bicyclic) bond motifs is 1. The smallest absolute Gasteiger partial charge is 0.288 e. The van der Waals surface area contributed by atoms with E-state index in [1.54, 1.807) is 17.0 Å². The van der Waals surface area contributed by atoms with E-state index < -0.39 is 16.3 Å². The summed E-state index contributed by atoms with van der Waals surface area (Å²) in [5.41, 5.74) is 2.15. The maximum absolute atomic E-state index is 13.8. The lowest BCUT2D eigenvalue weighted by Gasteiger charge is -2.36. The molecular formula is C35H41N3O9S. The van der Waals surface area contributed by atoms with Crippen LogP contribution < -0.4 is 14.2 Å². The number of hydrogen-bond donors (Lipinski definition) is 1. The Morgan fingerprint density at radius 1 is 0.958 bits per heavy atom. The largest absolute Gasteiger partial charge is 0.497 e. The first kappa shape index (κ1) is 33.7. The van der Waals surface area contributed by atoms with Crippen molar-refractivity contribution in [2.45, 2.75) is 30.1 Å². The van der Waals surface area contributed by atoms with E-state index in [2.05, 4.69) is 4.90 Å². The minimum absolute atomic E-state index is 0.00155. The van der Waals surface area contributed by atoms with Gasteiger partial charge in [0.2, 0.25) is 23.1 Å². The Kier molecular flexibility index (Phi) is 10.8. The number of ether oxygens (including phenoxy) is 5. The highest BCUT2D eigenvalue weighted by Gasteiger charge is 2.33. The van der Waals surface area contributed by atoms with Crippen molar-refractivity contribution in [3.05, 3.63) is 95.8 Å². The van der Waals surface area contributed by atoms with Crippen molar-refractivity contribution < 1.29 is 42.0 Å². The summed E-state index contributed by atoms with van der Waals surface area (Å²) >= 11 is 0. The number of rotatable bonds is 13. The van der Waals surface area contributed by atoms with Gasteiger partial charge < -0.3 is 33.7 Å². The minimum atomic E-state index is -3.90. The zero-order valence-electron chi connectivity index (χ0n) is 26.9. The lowest BCUT2D eigenvalue weighted by molar-refractivity contribution is -0.154. The molecule has 0 bridgehead atoms. The molecule has 0 spiro atoms. The zero-order chi connectivity index (χ0) is 33.5. The van der Waals surface area contributed by atoms with Gasteiger partial charge in [-0.1, -0.05) is 36.4 Å². The zero-order valence-corrected chi connectivity index (χ0v) is 27.7. The summed E-state index contributed by atoms with van der Waals surface area (Å²) in [6.45, 7) is 3.03. The van der Waals surface area contributed by atoms with Gasteiger partial charge in [-0.3, -0.25) is 9.69 Å². The minimum Gasteiger partial charge on any atom is -0.497 e. The Balaban J connectivity index is 1.08. The highest BCUT2D eigenvalue weighted by atomic mass is 32.2. The molecule has 1 N–H and O–H groups in total. The number of carbonyl (C=O) groups excluding carboxylic acids is 1. The highest BCUT2D eigenvalue weighted by molar-refractivity contribution is 7.89. The standard InChI is InChI=1S/C35H41N3O9S/c1-43-29-8-10-30(11-9-29)48(41,42)38(17-19-39)18-20-44-34-23-28(27-5-3-2-4-6-27)22-33(47-34)35(40)37-15-13-36(14-16-37)24-26-7-12-31-32(21-26)46-25-45-31/h2-12,21-22,28,34,39H,13-20,23-25H2,1H3/t28-,34+/m0/s1. The van der Waals surface area contributed by atoms with Crippen molar-refractivity contribution in [1.82, 2.24) is 14.1 Å². The average Bonchev–Trinajstić information content (AvgIpc) is 3.60. The molecule has 0 aromatic heterocycles. The summed E-state index contributed by atoms with van der Waals surface area (Å²) in [4.78, 5) is 18.0. The molecule has 3 aliphatic rings. The number of sulfonamides is 1. The Morgan fingerprint density at radius 2 is 1.71 bits per heavy atom. The van der Waals surface area contributed by atoms with Crippen molar-refractivity contribution in [1.29, 1.82) is 0 Å². The molecule has 0 radical (unpaired) electrons. The number of carbonyl (C=O) groups is 1. The van der Waals surface area contributed by atoms with Crippen molar-refractivity contribution in [3.8, 4) is 17.2 Å². The summed E-state index contributed by atoms with van der Waals surface area (Å²) < 4.78 is 56.2. The number of aliphatic hydroxyl groups is 1. The average molecular weight is 680 g/mol. The fourth-order valence-electron chi connectivity index (χ4n) is 6.05. The lowest BCUT2D eigenvalue weighted by atomic mass is 9.93. The quantitative estimate of drug-likeness (QED) is 0.288. The van der Waals surface area contributed by atoms with Crippen LogP contribution in [0.15, 0.2) is 89.5 Å². The van der Waals surface area contributed by atoms with Gasteiger partial charge in [-0.25, -0.2) is 8.42 Å². The van der Waals surface area contributed by atoms with E-state index >= 15 is 0 Å². The van der Waals surface area contributed by atoms with Crippen LogP contribution in [-0.2, 0) is 30.8 Å². The third-order valence-electron chi connectivity index (χ3n) is 8.69. The molecule has 1 saturated heterocycles. The van der Waals surface area contributed by atoms with Gasteiger partial charge >= 0.3 is 0 Å². The van der Waals surface area contributed by atoms with Crippen molar-refractivity contribution in [2.24, 2.45) is 0 Å². The SMILES string of the molecule is COc1ccc(S(=O)(=O)N(CCO)CCO[C@H]2C[C@@H](c3ccccc3)C=C(C(=O)N3CCN(Cc4ccc5c(c4)OCO5)CC3)O2)cc1. The number of aliphatic hydroxyl groups excluding tert-OH is 1. The normalized spacial score (nSPS) is 19.6. The van der Waals surface area contributed by atoms with Crippen molar-refractivity contribution >= 4 is 15.9 Å². The Morgan fingerprint density at radius 3 is 2.44 bits per heavy atom. The Labute approximate surface area is 281 Å². The van der Waals surface area contributed by atoms with Crippen LogP contribution in [0.3, 0.4) is 0 Å². The molecule has 6 rings (SSSR count). The maximum Gasteiger partial charge on any atom is 0.288 e. The molecule has 3 heterocycles. The monoisotopic (exact) mass is 679 g/mol. The summed E-state index contributed by atoms with van der Waals surface area (Å²) in [6, 6.07) is 21.9. The predicted molar refractivity (Wildman–Crippen MR) is 176 cm³/mol. The second-order valence-corrected chi connectivity index (χ2v) is 13.7. The first-order valence-electron chi connectivity index (χ1n) is 16.0. The molecule has 0 aliphatic carbocycles. The predicted octanol–water partition coefficient (Wildman–Crippen LogP) is 3.18. The van der Waals surface area contributed by atoms with Gasteiger partial charge in [0.05, 0.1) is 25.2 Å². The number of methoxy groups -OCH3 is 1. The lowest BCUT2D eigenvalue weighted by Crippen LogP contribution is -2.49. The van der Waals surface area contributed by atoms with Crippen LogP contribution in [0, 0.1) is 0 Å².